The molecule has 0 rings (SSSR count). The molecule has 0 aromatic heterocycles. The molecule has 90 valence electrons. The third-order valence-corrected chi connectivity index (χ3v) is 7.43. The van der Waals surface area contributed by atoms with E-state index in [0.29, 0.717) is 0 Å². The van der Waals surface area contributed by atoms with Crippen LogP contribution in [0.15, 0.2) is 24.0 Å². The van der Waals surface area contributed by atoms with Gasteiger partial charge in [-0.1, -0.05) is 33.3 Å². The Labute approximate surface area is 102 Å². The summed E-state index contributed by atoms with van der Waals surface area (Å²) in [7, 11) is -1.76. The standard InChI is InChI=1S/C14H24OSi/c1-9-10-11-12(2)13(3)15-16(7,8)14(4,5)6/h11H,3H2,1-2,4-8H3/b12-11-. The van der Waals surface area contributed by atoms with E-state index < -0.39 is 8.32 Å². The number of rotatable bonds is 3. The first-order valence-corrected chi connectivity index (χ1v) is 8.50. The van der Waals surface area contributed by atoms with E-state index in [2.05, 4.69) is 52.3 Å². The highest BCUT2D eigenvalue weighted by atomic mass is 28.4. The first-order valence-electron chi connectivity index (χ1n) is 5.59. The van der Waals surface area contributed by atoms with Gasteiger partial charge in [-0.05, 0) is 43.6 Å². The van der Waals surface area contributed by atoms with Crippen LogP contribution in [0.4, 0.5) is 0 Å². The highest BCUT2D eigenvalue weighted by molar-refractivity contribution is 6.74. The summed E-state index contributed by atoms with van der Waals surface area (Å²) in [4.78, 5) is 0. The normalized spacial score (nSPS) is 12.8. The second-order valence-corrected chi connectivity index (χ2v) is 10.2. The number of allylic oxidation sites excluding steroid dienone is 2. The lowest BCUT2D eigenvalue weighted by molar-refractivity contribution is 0.395. The van der Waals surface area contributed by atoms with E-state index in [0.717, 1.165) is 11.3 Å². The second-order valence-electron chi connectivity index (χ2n) is 5.51. The molecule has 1 nitrogen and oxygen atoms in total. The number of hydrogen-bond acceptors (Lipinski definition) is 1. The topological polar surface area (TPSA) is 9.23 Å². The fraction of sp³-hybridized carbons (Fsp3) is 0.571. The third-order valence-electron chi connectivity index (χ3n) is 3.06. The Kier molecular flexibility index (Phi) is 5.09. The van der Waals surface area contributed by atoms with Crippen molar-refractivity contribution in [2.24, 2.45) is 0 Å². The van der Waals surface area contributed by atoms with Crippen LogP contribution < -0.4 is 0 Å². The summed E-state index contributed by atoms with van der Waals surface area (Å²) in [5.74, 6) is 6.51. The maximum Gasteiger partial charge on any atom is 0.250 e. The van der Waals surface area contributed by atoms with E-state index in [9.17, 15) is 0 Å². The van der Waals surface area contributed by atoms with Crippen molar-refractivity contribution in [3.05, 3.63) is 24.0 Å². The minimum Gasteiger partial charge on any atom is -0.544 e. The smallest absolute Gasteiger partial charge is 0.250 e. The molecule has 0 aromatic carbocycles. The van der Waals surface area contributed by atoms with E-state index in [1.54, 1.807) is 0 Å². The van der Waals surface area contributed by atoms with Crippen molar-refractivity contribution in [3.63, 3.8) is 0 Å². The zero-order valence-corrected chi connectivity index (χ0v) is 12.7. The SMILES string of the molecule is C=C(O[Si](C)(C)C(C)(C)C)/C(C)=C\C#CC. The molecule has 0 bridgehead atoms. The van der Waals surface area contributed by atoms with Gasteiger partial charge in [0.2, 0.25) is 8.32 Å². The quantitative estimate of drug-likeness (QED) is 0.303. The predicted molar refractivity (Wildman–Crippen MR) is 74.6 cm³/mol. The molecule has 0 saturated heterocycles. The molecular formula is C14H24OSi. The van der Waals surface area contributed by atoms with Crippen molar-refractivity contribution in [2.45, 2.75) is 52.8 Å². The zero-order valence-electron chi connectivity index (χ0n) is 11.7. The van der Waals surface area contributed by atoms with E-state index in [-0.39, 0.29) is 5.04 Å². The zero-order chi connectivity index (χ0) is 13.0. The van der Waals surface area contributed by atoms with Gasteiger partial charge in [0.15, 0.2) is 0 Å². The van der Waals surface area contributed by atoms with Gasteiger partial charge in [0.1, 0.15) is 0 Å². The molecule has 0 radical (unpaired) electrons. The summed E-state index contributed by atoms with van der Waals surface area (Å²) >= 11 is 0. The van der Waals surface area contributed by atoms with Crippen LogP contribution in [0.1, 0.15) is 34.6 Å². The Bertz CT molecular complexity index is 345. The Morgan fingerprint density at radius 1 is 1.31 bits per heavy atom. The first kappa shape index (κ1) is 15.1. The molecule has 0 N–H and O–H groups in total. The molecule has 0 aliphatic rings. The summed E-state index contributed by atoms with van der Waals surface area (Å²) in [6.07, 6.45) is 1.86. The fourth-order valence-corrected chi connectivity index (χ4v) is 1.89. The Balaban J connectivity index is 4.74. The van der Waals surface area contributed by atoms with Gasteiger partial charge >= 0.3 is 0 Å². The lowest BCUT2D eigenvalue weighted by atomic mass is 10.2. The lowest BCUT2D eigenvalue weighted by Gasteiger charge is -2.37. The summed E-state index contributed by atoms with van der Waals surface area (Å²) < 4.78 is 6.07. The molecule has 0 aliphatic heterocycles. The van der Waals surface area contributed by atoms with Gasteiger partial charge in [0.25, 0.3) is 0 Å². The van der Waals surface area contributed by atoms with Gasteiger partial charge in [-0.3, -0.25) is 0 Å². The monoisotopic (exact) mass is 236 g/mol. The molecule has 0 amide bonds. The second kappa shape index (κ2) is 5.40. The molecule has 0 atom stereocenters. The van der Waals surface area contributed by atoms with E-state index in [4.69, 9.17) is 4.43 Å². The van der Waals surface area contributed by atoms with Crippen LogP contribution in [0.25, 0.3) is 0 Å². The van der Waals surface area contributed by atoms with Gasteiger partial charge in [0.05, 0.1) is 5.76 Å². The maximum absolute atomic E-state index is 6.07. The van der Waals surface area contributed by atoms with Crippen molar-refractivity contribution >= 4 is 8.32 Å². The molecule has 0 saturated carbocycles. The Morgan fingerprint density at radius 3 is 2.19 bits per heavy atom. The molecule has 0 fully saturated rings. The molecular weight excluding hydrogens is 212 g/mol. The van der Waals surface area contributed by atoms with Crippen LogP contribution in [0.5, 0.6) is 0 Å². The molecule has 2 heteroatoms. The van der Waals surface area contributed by atoms with Gasteiger partial charge in [-0.2, -0.15) is 0 Å². The predicted octanol–water partition coefficient (Wildman–Crippen LogP) is 4.49. The highest BCUT2D eigenvalue weighted by Gasteiger charge is 2.39. The Hall–Kier alpha value is -0.943. The average molecular weight is 236 g/mol. The summed E-state index contributed by atoms with van der Waals surface area (Å²) in [5.41, 5.74) is 1.01. The van der Waals surface area contributed by atoms with E-state index in [1.807, 2.05) is 19.9 Å². The molecule has 16 heavy (non-hydrogen) atoms. The first-order chi connectivity index (χ1) is 7.12. The lowest BCUT2D eigenvalue weighted by Crippen LogP contribution is -2.40. The van der Waals surface area contributed by atoms with E-state index >= 15 is 0 Å². The number of hydrogen-bond donors (Lipinski definition) is 0. The summed E-state index contributed by atoms with van der Waals surface area (Å²) in [6, 6.07) is 0. The van der Waals surface area contributed by atoms with Crippen molar-refractivity contribution in [2.75, 3.05) is 0 Å². The third kappa shape index (κ3) is 4.28. The minimum atomic E-state index is -1.76. The van der Waals surface area contributed by atoms with Crippen molar-refractivity contribution < 1.29 is 4.43 Å². The van der Waals surface area contributed by atoms with Crippen LogP contribution in [0.3, 0.4) is 0 Å². The summed E-state index contributed by atoms with van der Waals surface area (Å²) in [6.45, 7) is 18.9. The molecule has 0 spiro atoms. The van der Waals surface area contributed by atoms with Crippen LogP contribution in [-0.2, 0) is 4.43 Å². The van der Waals surface area contributed by atoms with Crippen LogP contribution in [0, 0.1) is 11.8 Å². The Morgan fingerprint density at radius 2 is 1.81 bits per heavy atom. The van der Waals surface area contributed by atoms with Gasteiger partial charge in [-0.15, -0.1) is 5.92 Å². The van der Waals surface area contributed by atoms with Crippen LogP contribution in [0.2, 0.25) is 18.1 Å². The van der Waals surface area contributed by atoms with Crippen molar-refractivity contribution in [1.82, 2.24) is 0 Å². The van der Waals surface area contributed by atoms with Gasteiger partial charge < -0.3 is 4.43 Å². The molecule has 0 aromatic rings. The summed E-state index contributed by atoms with van der Waals surface area (Å²) in [5, 5.41) is 0.201. The van der Waals surface area contributed by atoms with Crippen molar-refractivity contribution in [3.8, 4) is 11.8 Å². The van der Waals surface area contributed by atoms with Crippen LogP contribution >= 0.6 is 0 Å². The van der Waals surface area contributed by atoms with Crippen molar-refractivity contribution in [1.29, 1.82) is 0 Å². The van der Waals surface area contributed by atoms with E-state index in [1.165, 1.54) is 0 Å². The van der Waals surface area contributed by atoms with Crippen LogP contribution in [-0.4, -0.2) is 8.32 Å². The maximum atomic E-state index is 6.07. The van der Waals surface area contributed by atoms with Gasteiger partial charge in [0, 0.05) is 0 Å². The average Bonchev–Trinajstić information content (AvgIpc) is 2.11. The fourth-order valence-electron chi connectivity index (χ4n) is 0.803. The molecule has 0 aliphatic carbocycles. The molecule has 0 unspecified atom stereocenters. The molecule has 0 heterocycles. The highest BCUT2D eigenvalue weighted by Crippen LogP contribution is 2.38. The largest absolute Gasteiger partial charge is 0.544 e. The minimum absolute atomic E-state index is 0.201. The van der Waals surface area contributed by atoms with Gasteiger partial charge in [-0.25, -0.2) is 0 Å².